The van der Waals surface area contributed by atoms with E-state index in [1.54, 1.807) is 0 Å². The molecule has 94 valence electrons. The number of rotatable bonds is 7. The van der Waals surface area contributed by atoms with Crippen LogP contribution >= 0.6 is 0 Å². The Kier molecular flexibility index (Phi) is 6.72. The lowest BCUT2D eigenvalue weighted by molar-refractivity contribution is -0.144. The number of carbonyl (C=O) groups excluding carboxylic acids is 1. The minimum absolute atomic E-state index is 0.212. The highest BCUT2D eigenvalue weighted by Crippen LogP contribution is 2.06. The molecule has 1 amide bonds. The maximum Gasteiger partial charge on any atom is 0.326 e. The molecule has 0 rings (SSSR count). The van der Waals surface area contributed by atoms with Crippen LogP contribution in [0.3, 0.4) is 0 Å². The van der Waals surface area contributed by atoms with Crippen molar-refractivity contribution in [2.24, 2.45) is 5.92 Å². The Morgan fingerprint density at radius 2 is 1.94 bits per heavy atom. The van der Waals surface area contributed by atoms with E-state index in [9.17, 15) is 9.59 Å². The molecule has 0 heterocycles. The van der Waals surface area contributed by atoms with Gasteiger partial charge in [0.25, 0.3) is 0 Å². The monoisotopic (exact) mass is 231 g/mol. The summed E-state index contributed by atoms with van der Waals surface area (Å²) in [5, 5.41) is 11.4. The molecule has 0 aliphatic carbocycles. The van der Waals surface area contributed by atoms with Crippen molar-refractivity contribution in [3.63, 3.8) is 0 Å². The zero-order valence-electron chi connectivity index (χ0n) is 10.3. The lowest BCUT2D eigenvalue weighted by atomic mass is 10.0. The number of amides is 1. The normalized spacial score (nSPS) is 14.6. The van der Waals surface area contributed by atoms with Gasteiger partial charge in [-0.2, -0.15) is 0 Å². The van der Waals surface area contributed by atoms with Crippen molar-refractivity contribution >= 4 is 11.9 Å². The van der Waals surface area contributed by atoms with Crippen LogP contribution in [-0.4, -0.2) is 36.2 Å². The highest BCUT2D eigenvalue weighted by Gasteiger charge is 2.24. The van der Waals surface area contributed by atoms with E-state index in [2.05, 4.69) is 5.32 Å². The van der Waals surface area contributed by atoms with Crippen LogP contribution in [0.5, 0.6) is 0 Å². The van der Waals surface area contributed by atoms with E-state index in [0.717, 1.165) is 0 Å². The Hall–Kier alpha value is -1.10. The summed E-state index contributed by atoms with van der Waals surface area (Å²) in [5.74, 6) is -1.16. The molecule has 0 aromatic heterocycles. The molecule has 0 spiro atoms. The summed E-state index contributed by atoms with van der Waals surface area (Å²) in [6.45, 7) is 5.64. The van der Waals surface area contributed by atoms with Crippen LogP contribution in [0.25, 0.3) is 0 Å². The number of hydrogen-bond acceptors (Lipinski definition) is 3. The van der Waals surface area contributed by atoms with Gasteiger partial charge in [0.1, 0.15) is 12.1 Å². The summed E-state index contributed by atoms with van der Waals surface area (Å²) in [4.78, 5) is 22.5. The number of nitrogens with one attached hydrogen (secondary N) is 1. The maximum absolute atomic E-state index is 11.6. The first-order valence-corrected chi connectivity index (χ1v) is 5.48. The molecule has 0 aromatic carbocycles. The quantitative estimate of drug-likeness (QED) is 0.686. The average Bonchev–Trinajstić information content (AvgIpc) is 2.17. The second kappa shape index (κ2) is 7.22. The van der Waals surface area contributed by atoms with Gasteiger partial charge in [-0.3, -0.25) is 4.79 Å². The van der Waals surface area contributed by atoms with Crippen molar-refractivity contribution in [2.45, 2.75) is 45.8 Å². The summed E-state index contributed by atoms with van der Waals surface area (Å²) < 4.78 is 4.94. The topological polar surface area (TPSA) is 75.6 Å². The zero-order chi connectivity index (χ0) is 12.7. The first kappa shape index (κ1) is 14.9. The SMILES string of the molecule is CCC(OC)C(=O)NC(CC(C)C)C(=O)O. The number of hydrogen-bond donors (Lipinski definition) is 2. The molecule has 5 heteroatoms. The summed E-state index contributed by atoms with van der Waals surface area (Å²) in [7, 11) is 1.44. The van der Waals surface area contributed by atoms with Crippen LogP contribution < -0.4 is 5.32 Å². The summed E-state index contributed by atoms with van der Waals surface area (Å²) in [6.07, 6.45) is 0.367. The predicted molar refractivity (Wildman–Crippen MR) is 60.1 cm³/mol. The molecule has 0 saturated heterocycles. The van der Waals surface area contributed by atoms with Crippen molar-refractivity contribution in [1.29, 1.82) is 0 Å². The fourth-order valence-electron chi connectivity index (χ4n) is 1.42. The number of carbonyl (C=O) groups is 2. The summed E-state index contributed by atoms with van der Waals surface area (Å²) >= 11 is 0. The maximum atomic E-state index is 11.6. The molecule has 2 atom stereocenters. The molecular formula is C11H21NO4. The van der Waals surface area contributed by atoms with Crippen molar-refractivity contribution < 1.29 is 19.4 Å². The molecule has 2 unspecified atom stereocenters. The third-order valence-electron chi connectivity index (χ3n) is 2.27. The van der Waals surface area contributed by atoms with Gasteiger partial charge in [0.15, 0.2) is 0 Å². The third-order valence-corrected chi connectivity index (χ3v) is 2.27. The lowest BCUT2D eigenvalue weighted by Crippen LogP contribution is -2.46. The molecule has 0 fully saturated rings. The predicted octanol–water partition coefficient (Wildman–Crippen LogP) is 1.03. The fourth-order valence-corrected chi connectivity index (χ4v) is 1.42. The average molecular weight is 231 g/mol. The van der Waals surface area contributed by atoms with Crippen LogP contribution in [0.1, 0.15) is 33.6 Å². The number of methoxy groups -OCH3 is 1. The van der Waals surface area contributed by atoms with Gasteiger partial charge in [0.05, 0.1) is 0 Å². The lowest BCUT2D eigenvalue weighted by Gasteiger charge is -2.19. The van der Waals surface area contributed by atoms with Gasteiger partial charge in [-0.25, -0.2) is 4.79 Å². The van der Waals surface area contributed by atoms with E-state index < -0.39 is 18.1 Å². The highest BCUT2D eigenvalue weighted by atomic mass is 16.5. The summed E-state index contributed by atoms with van der Waals surface area (Å²) in [6, 6.07) is -0.836. The minimum Gasteiger partial charge on any atom is -0.480 e. The van der Waals surface area contributed by atoms with E-state index in [4.69, 9.17) is 9.84 Å². The molecular weight excluding hydrogens is 210 g/mol. The second-order valence-corrected chi connectivity index (χ2v) is 4.16. The van der Waals surface area contributed by atoms with Crippen molar-refractivity contribution in [3.05, 3.63) is 0 Å². The van der Waals surface area contributed by atoms with Crippen molar-refractivity contribution in [2.75, 3.05) is 7.11 Å². The number of carboxylic acids is 1. The van der Waals surface area contributed by atoms with Crippen molar-refractivity contribution in [1.82, 2.24) is 5.32 Å². The largest absolute Gasteiger partial charge is 0.480 e. The molecule has 2 N–H and O–H groups in total. The first-order valence-electron chi connectivity index (χ1n) is 5.48. The number of ether oxygens (including phenoxy) is 1. The van der Waals surface area contributed by atoms with E-state index in [1.807, 2.05) is 20.8 Å². The fraction of sp³-hybridized carbons (Fsp3) is 0.818. The van der Waals surface area contributed by atoms with Crippen LogP contribution in [0.2, 0.25) is 0 Å². The highest BCUT2D eigenvalue weighted by molar-refractivity contribution is 5.86. The van der Waals surface area contributed by atoms with Gasteiger partial charge in [-0.05, 0) is 18.8 Å². The summed E-state index contributed by atoms with van der Waals surface area (Å²) in [5.41, 5.74) is 0. The van der Waals surface area contributed by atoms with Crippen LogP contribution in [-0.2, 0) is 14.3 Å². The third kappa shape index (κ3) is 5.11. The molecule has 16 heavy (non-hydrogen) atoms. The number of carboxylic acid groups (broad SMARTS) is 1. The van der Waals surface area contributed by atoms with Gasteiger partial charge < -0.3 is 15.2 Å². The Morgan fingerprint density at radius 3 is 2.25 bits per heavy atom. The minimum atomic E-state index is -1.01. The molecule has 5 nitrogen and oxygen atoms in total. The molecule has 0 radical (unpaired) electrons. The van der Waals surface area contributed by atoms with Gasteiger partial charge in [0.2, 0.25) is 5.91 Å². The standard InChI is InChI=1S/C11H21NO4/c1-5-9(16-4)10(13)12-8(11(14)15)6-7(2)3/h7-9H,5-6H2,1-4H3,(H,12,13)(H,14,15). The second-order valence-electron chi connectivity index (χ2n) is 4.16. The molecule has 0 aliphatic heterocycles. The molecule has 0 aliphatic rings. The molecule has 0 bridgehead atoms. The van der Waals surface area contributed by atoms with Crippen LogP contribution in [0.15, 0.2) is 0 Å². The van der Waals surface area contributed by atoms with Crippen LogP contribution in [0, 0.1) is 5.92 Å². The van der Waals surface area contributed by atoms with Crippen LogP contribution in [0.4, 0.5) is 0 Å². The van der Waals surface area contributed by atoms with Gasteiger partial charge in [-0.1, -0.05) is 20.8 Å². The smallest absolute Gasteiger partial charge is 0.326 e. The van der Waals surface area contributed by atoms with E-state index >= 15 is 0 Å². The van der Waals surface area contributed by atoms with E-state index in [0.29, 0.717) is 12.8 Å². The van der Waals surface area contributed by atoms with Crippen molar-refractivity contribution in [3.8, 4) is 0 Å². The zero-order valence-corrected chi connectivity index (χ0v) is 10.3. The van der Waals surface area contributed by atoms with Gasteiger partial charge >= 0.3 is 5.97 Å². The van der Waals surface area contributed by atoms with E-state index in [-0.39, 0.29) is 11.8 Å². The Bertz CT molecular complexity index is 236. The number of aliphatic carboxylic acids is 1. The van der Waals surface area contributed by atoms with E-state index in [1.165, 1.54) is 7.11 Å². The Morgan fingerprint density at radius 1 is 1.38 bits per heavy atom. The van der Waals surface area contributed by atoms with Gasteiger partial charge in [0, 0.05) is 7.11 Å². The Labute approximate surface area is 96.2 Å². The first-order chi connectivity index (χ1) is 7.42. The van der Waals surface area contributed by atoms with Gasteiger partial charge in [-0.15, -0.1) is 0 Å². The molecule has 0 aromatic rings. The Balaban J connectivity index is 4.39. The molecule has 0 saturated carbocycles.